The average Bonchev–Trinajstić information content (AvgIpc) is 2.98. The number of epoxide rings is 1. The number of ether oxygens (including phenoxy) is 2. The van der Waals surface area contributed by atoms with Crippen LogP contribution in [0.3, 0.4) is 0 Å². The zero-order valence-electron chi connectivity index (χ0n) is 8.75. The summed E-state index contributed by atoms with van der Waals surface area (Å²) in [5.41, 5.74) is 0.583. The number of rotatable bonds is 7. The Hall–Kier alpha value is -0.830. The van der Waals surface area contributed by atoms with E-state index in [9.17, 15) is 4.79 Å². The molecule has 80 valence electrons. The maximum absolute atomic E-state index is 11.3. The largest absolute Gasteiger partial charge is 0.459 e. The normalized spacial score (nSPS) is 19.1. The molecule has 1 rings (SSSR count). The summed E-state index contributed by atoms with van der Waals surface area (Å²) in [6.45, 7) is 6.94. The highest BCUT2D eigenvalue weighted by Crippen LogP contribution is 2.12. The molecule has 0 aromatic carbocycles. The van der Waals surface area contributed by atoms with E-state index < -0.39 is 0 Å². The van der Waals surface area contributed by atoms with Crippen LogP contribution in [-0.4, -0.2) is 25.3 Å². The molecule has 14 heavy (non-hydrogen) atoms. The number of esters is 1. The van der Waals surface area contributed by atoms with E-state index in [0.29, 0.717) is 12.2 Å². The lowest BCUT2D eigenvalue weighted by Crippen LogP contribution is -2.11. The van der Waals surface area contributed by atoms with Crippen molar-refractivity contribution >= 4 is 5.97 Å². The van der Waals surface area contributed by atoms with Crippen LogP contribution in [0.1, 0.15) is 32.6 Å². The van der Waals surface area contributed by atoms with Gasteiger partial charge in [0.05, 0.1) is 6.61 Å². The summed E-state index contributed by atoms with van der Waals surface area (Å²) >= 11 is 0. The van der Waals surface area contributed by atoms with E-state index >= 15 is 0 Å². The quantitative estimate of drug-likeness (QED) is 0.272. The SMILES string of the molecule is C=C(CCCCC)C(=O)OCC1CO1. The first-order valence-corrected chi connectivity index (χ1v) is 5.20. The summed E-state index contributed by atoms with van der Waals surface area (Å²) in [6, 6.07) is 0. The number of carbonyl (C=O) groups excluding carboxylic acids is 1. The predicted molar refractivity (Wildman–Crippen MR) is 54.0 cm³/mol. The Kier molecular flexibility index (Phi) is 4.66. The second-order valence-corrected chi connectivity index (χ2v) is 3.61. The zero-order chi connectivity index (χ0) is 10.4. The van der Waals surface area contributed by atoms with Crippen LogP contribution in [0.15, 0.2) is 12.2 Å². The van der Waals surface area contributed by atoms with Gasteiger partial charge in [0.1, 0.15) is 12.7 Å². The molecule has 0 saturated carbocycles. The molecular weight excluding hydrogens is 180 g/mol. The van der Waals surface area contributed by atoms with Gasteiger partial charge >= 0.3 is 5.97 Å². The van der Waals surface area contributed by atoms with Crippen LogP contribution < -0.4 is 0 Å². The van der Waals surface area contributed by atoms with E-state index in [1.165, 1.54) is 0 Å². The molecule has 1 atom stereocenters. The fraction of sp³-hybridized carbons (Fsp3) is 0.727. The summed E-state index contributed by atoms with van der Waals surface area (Å²) in [6.07, 6.45) is 4.20. The molecule has 0 aromatic rings. The highest BCUT2D eigenvalue weighted by Gasteiger charge is 2.24. The second kappa shape index (κ2) is 5.81. The molecular formula is C11H18O3. The third-order valence-electron chi connectivity index (χ3n) is 2.17. The van der Waals surface area contributed by atoms with Gasteiger partial charge in [-0.3, -0.25) is 0 Å². The molecule has 0 amide bonds. The van der Waals surface area contributed by atoms with Gasteiger partial charge in [-0.15, -0.1) is 0 Å². The summed E-state index contributed by atoms with van der Waals surface area (Å²) in [5.74, 6) is -0.267. The Balaban J connectivity index is 2.05. The number of hydrogen-bond acceptors (Lipinski definition) is 3. The summed E-state index contributed by atoms with van der Waals surface area (Å²) in [5, 5.41) is 0. The van der Waals surface area contributed by atoms with Crippen LogP contribution in [0.5, 0.6) is 0 Å². The van der Waals surface area contributed by atoms with Gasteiger partial charge in [-0.05, 0) is 12.8 Å². The first-order chi connectivity index (χ1) is 6.74. The lowest BCUT2D eigenvalue weighted by molar-refractivity contribution is -0.139. The van der Waals surface area contributed by atoms with E-state index in [0.717, 1.165) is 32.3 Å². The molecule has 1 fully saturated rings. The molecule has 1 aliphatic heterocycles. The standard InChI is InChI=1S/C11H18O3/c1-3-4-5-6-9(2)11(12)14-8-10-7-13-10/h10H,2-8H2,1H3. The van der Waals surface area contributed by atoms with Crippen molar-refractivity contribution in [3.8, 4) is 0 Å². The number of hydrogen-bond donors (Lipinski definition) is 0. The van der Waals surface area contributed by atoms with E-state index in [1.807, 2.05) is 0 Å². The van der Waals surface area contributed by atoms with Crippen LogP contribution in [0, 0.1) is 0 Å². The molecule has 1 heterocycles. The summed E-state index contributed by atoms with van der Waals surface area (Å²) < 4.78 is 9.93. The van der Waals surface area contributed by atoms with Crippen LogP contribution in [0.2, 0.25) is 0 Å². The molecule has 0 aliphatic carbocycles. The fourth-order valence-corrected chi connectivity index (χ4v) is 1.13. The molecule has 3 heteroatoms. The fourth-order valence-electron chi connectivity index (χ4n) is 1.13. The Morgan fingerprint density at radius 1 is 1.57 bits per heavy atom. The average molecular weight is 198 g/mol. The van der Waals surface area contributed by atoms with Crippen molar-refractivity contribution in [2.75, 3.05) is 13.2 Å². The molecule has 0 N–H and O–H groups in total. The van der Waals surface area contributed by atoms with Crippen molar-refractivity contribution in [2.24, 2.45) is 0 Å². The molecule has 1 aliphatic rings. The predicted octanol–water partition coefficient (Wildman–Crippen LogP) is 2.06. The van der Waals surface area contributed by atoms with E-state index in [1.54, 1.807) is 0 Å². The number of unbranched alkanes of at least 4 members (excludes halogenated alkanes) is 2. The lowest BCUT2D eigenvalue weighted by atomic mass is 10.1. The molecule has 1 unspecified atom stereocenters. The highest BCUT2D eigenvalue weighted by atomic mass is 16.6. The topological polar surface area (TPSA) is 38.8 Å². The van der Waals surface area contributed by atoms with Crippen molar-refractivity contribution in [3.05, 3.63) is 12.2 Å². The van der Waals surface area contributed by atoms with Crippen molar-refractivity contribution in [3.63, 3.8) is 0 Å². The first-order valence-electron chi connectivity index (χ1n) is 5.20. The monoisotopic (exact) mass is 198 g/mol. The Labute approximate surface area is 85.1 Å². The van der Waals surface area contributed by atoms with Gasteiger partial charge in [0, 0.05) is 5.57 Å². The molecule has 0 spiro atoms. The van der Waals surface area contributed by atoms with Crippen molar-refractivity contribution in [1.29, 1.82) is 0 Å². The van der Waals surface area contributed by atoms with E-state index in [4.69, 9.17) is 9.47 Å². The molecule has 0 bridgehead atoms. The maximum Gasteiger partial charge on any atom is 0.333 e. The van der Waals surface area contributed by atoms with Crippen molar-refractivity contribution in [1.82, 2.24) is 0 Å². The van der Waals surface area contributed by atoms with Crippen molar-refractivity contribution < 1.29 is 14.3 Å². The van der Waals surface area contributed by atoms with Crippen LogP contribution >= 0.6 is 0 Å². The van der Waals surface area contributed by atoms with Gasteiger partial charge < -0.3 is 9.47 Å². The highest BCUT2D eigenvalue weighted by molar-refractivity contribution is 5.87. The van der Waals surface area contributed by atoms with Crippen molar-refractivity contribution in [2.45, 2.75) is 38.7 Å². The van der Waals surface area contributed by atoms with Gasteiger partial charge in [-0.25, -0.2) is 4.79 Å². The van der Waals surface area contributed by atoms with Gasteiger partial charge in [0.2, 0.25) is 0 Å². The number of carbonyl (C=O) groups is 1. The third-order valence-corrected chi connectivity index (χ3v) is 2.17. The minimum Gasteiger partial charge on any atom is -0.459 e. The third kappa shape index (κ3) is 4.42. The minimum absolute atomic E-state index is 0.141. The van der Waals surface area contributed by atoms with Crippen LogP contribution in [-0.2, 0) is 14.3 Å². The summed E-state index contributed by atoms with van der Waals surface area (Å²) in [7, 11) is 0. The lowest BCUT2D eigenvalue weighted by Gasteiger charge is -2.04. The Morgan fingerprint density at radius 2 is 2.29 bits per heavy atom. The van der Waals surface area contributed by atoms with Gasteiger partial charge in [-0.2, -0.15) is 0 Å². The first kappa shape index (κ1) is 11.2. The zero-order valence-corrected chi connectivity index (χ0v) is 8.75. The Bertz CT molecular complexity index is 207. The van der Waals surface area contributed by atoms with Gasteiger partial charge in [0.25, 0.3) is 0 Å². The van der Waals surface area contributed by atoms with Gasteiger partial charge in [0.15, 0.2) is 0 Å². The molecule has 1 saturated heterocycles. The van der Waals surface area contributed by atoms with Gasteiger partial charge in [-0.1, -0.05) is 26.3 Å². The minimum atomic E-state index is -0.267. The van der Waals surface area contributed by atoms with E-state index in [2.05, 4.69) is 13.5 Å². The van der Waals surface area contributed by atoms with E-state index in [-0.39, 0.29) is 12.1 Å². The summed E-state index contributed by atoms with van der Waals surface area (Å²) in [4.78, 5) is 11.3. The molecule has 0 aromatic heterocycles. The Morgan fingerprint density at radius 3 is 2.86 bits per heavy atom. The molecule has 0 radical (unpaired) electrons. The van der Waals surface area contributed by atoms with Crippen LogP contribution in [0.25, 0.3) is 0 Å². The molecule has 3 nitrogen and oxygen atoms in total. The van der Waals surface area contributed by atoms with Crippen LogP contribution in [0.4, 0.5) is 0 Å². The maximum atomic E-state index is 11.3. The smallest absolute Gasteiger partial charge is 0.333 e. The second-order valence-electron chi connectivity index (χ2n) is 3.61.